The molecule has 0 atom stereocenters. The summed E-state index contributed by atoms with van der Waals surface area (Å²) < 4.78 is 0. The second-order valence-electron chi connectivity index (χ2n) is 6.00. The van der Waals surface area contributed by atoms with Crippen molar-refractivity contribution in [2.45, 2.75) is 12.8 Å². The first-order valence-corrected chi connectivity index (χ1v) is 8.21. The van der Waals surface area contributed by atoms with Crippen molar-refractivity contribution in [3.63, 3.8) is 0 Å². The highest BCUT2D eigenvalue weighted by atomic mass is 35.5. The van der Waals surface area contributed by atoms with E-state index < -0.39 is 0 Å². The van der Waals surface area contributed by atoms with E-state index >= 15 is 0 Å². The molecule has 0 N–H and O–H groups in total. The lowest BCUT2D eigenvalue weighted by molar-refractivity contribution is 0.420. The van der Waals surface area contributed by atoms with Crippen molar-refractivity contribution in [1.82, 2.24) is 4.90 Å². The van der Waals surface area contributed by atoms with Crippen molar-refractivity contribution in [2.75, 3.05) is 20.6 Å². The minimum atomic E-state index is 0.776. The molecule has 0 heterocycles. The monoisotopic (exact) mass is 331 g/mol. The van der Waals surface area contributed by atoms with Crippen LogP contribution in [0.3, 0.4) is 0 Å². The molecule has 0 amide bonds. The third-order valence-electron chi connectivity index (χ3n) is 4.13. The molecule has 0 radical (unpaired) electrons. The molecule has 0 spiro atoms. The van der Waals surface area contributed by atoms with Gasteiger partial charge in [0.1, 0.15) is 0 Å². The topological polar surface area (TPSA) is 3.24 Å². The van der Waals surface area contributed by atoms with Gasteiger partial charge in [0, 0.05) is 16.6 Å². The number of benzene rings is 2. The Balaban J connectivity index is 2.04. The summed E-state index contributed by atoms with van der Waals surface area (Å²) in [5.41, 5.74) is 6.73. The zero-order chi connectivity index (χ0) is 15.7. The van der Waals surface area contributed by atoms with Crippen LogP contribution in [0.2, 0.25) is 10.0 Å². The van der Waals surface area contributed by atoms with E-state index in [0.29, 0.717) is 0 Å². The van der Waals surface area contributed by atoms with E-state index in [2.05, 4.69) is 43.3 Å². The average Bonchev–Trinajstić information content (AvgIpc) is 2.83. The van der Waals surface area contributed by atoms with E-state index in [1.54, 1.807) is 0 Å². The summed E-state index contributed by atoms with van der Waals surface area (Å²) in [6.07, 6.45) is 2.00. The first-order valence-electron chi connectivity index (χ1n) is 7.46. The lowest BCUT2D eigenvalue weighted by Gasteiger charge is -2.13. The van der Waals surface area contributed by atoms with Gasteiger partial charge in [-0.25, -0.2) is 0 Å². The maximum absolute atomic E-state index is 6.22. The standard InChI is InChI=1S/C19H19Cl2N/c1-22(2)10-9-17-18(13-3-6-15(20)7-4-13)11-14-5-8-16(21)12-19(14)17/h3-8,12H,9-11H2,1-2H3. The summed E-state index contributed by atoms with van der Waals surface area (Å²) in [7, 11) is 4.21. The quantitative estimate of drug-likeness (QED) is 0.723. The Hall–Kier alpha value is -1.28. The van der Waals surface area contributed by atoms with Gasteiger partial charge in [-0.15, -0.1) is 0 Å². The Labute approximate surface area is 142 Å². The van der Waals surface area contributed by atoms with Crippen LogP contribution in [0.15, 0.2) is 42.5 Å². The molecule has 2 aromatic rings. The fourth-order valence-electron chi connectivity index (χ4n) is 2.99. The number of halogens is 2. The minimum absolute atomic E-state index is 0.776. The fourth-order valence-corrected chi connectivity index (χ4v) is 3.29. The molecule has 0 unspecified atom stereocenters. The van der Waals surface area contributed by atoms with Crippen molar-refractivity contribution in [3.8, 4) is 0 Å². The largest absolute Gasteiger partial charge is 0.309 e. The van der Waals surface area contributed by atoms with Crippen molar-refractivity contribution in [1.29, 1.82) is 0 Å². The molecule has 0 aliphatic heterocycles. The van der Waals surface area contributed by atoms with Gasteiger partial charge in [0.25, 0.3) is 0 Å². The van der Waals surface area contributed by atoms with Crippen LogP contribution >= 0.6 is 23.2 Å². The second kappa shape index (κ2) is 6.45. The number of rotatable bonds is 4. The Morgan fingerprint density at radius 1 is 0.955 bits per heavy atom. The van der Waals surface area contributed by atoms with Crippen LogP contribution in [0, 0.1) is 0 Å². The van der Waals surface area contributed by atoms with Crippen molar-refractivity contribution < 1.29 is 0 Å². The highest BCUT2D eigenvalue weighted by Crippen LogP contribution is 2.41. The van der Waals surface area contributed by atoms with Crippen LogP contribution in [-0.2, 0) is 6.42 Å². The van der Waals surface area contributed by atoms with Gasteiger partial charge in [-0.1, -0.05) is 41.4 Å². The molecular weight excluding hydrogens is 313 g/mol. The van der Waals surface area contributed by atoms with E-state index in [1.807, 2.05) is 18.2 Å². The first-order chi connectivity index (χ1) is 10.5. The lowest BCUT2D eigenvalue weighted by atomic mass is 9.98. The smallest absolute Gasteiger partial charge is 0.0412 e. The van der Waals surface area contributed by atoms with E-state index in [4.69, 9.17) is 23.2 Å². The maximum Gasteiger partial charge on any atom is 0.0412 e. The highest BCUT2D eigenvalue weighted by Gasteiger charge is 2.22. The molecule has 0 aromatic heterocycles. The van der Waals surface area contributed by atoms with Gasteiger partial charge in [-0.05, 0) is 79.0 Å². The summed E-state index contributed by atoms with van der Waals surface area (Å²) in [6.45, 7) is 1.03. The lowest BCUT2D eigenvalue weighted by Crippen LogP contribution is -2.13. The molecule has 114 valence electrons. The molecule has 0 saturated carbocycles. The zero-order valence-electron chi connectivity index (χ0n) is 12.9. The molecule has 2 aromatic carbocycles. The minimum Gasteiger partial charge on any atom is -0.309 e. The van der Waals surface area contributed by atoms with Gasteiger partial charge in [0.15, 0.2) is 0 Å². The SMILES string of the molecule is CN(C)CCC1=C(c2ccc(Cl)cc2)Cc2ccc(Cl)cc21. The summed E-state index contributed by atoms with van der Waals surface area (Å²) in [5, 5.41) is 1.58. The predicted octanol–water partition coefficient (Wildman–Crippen LogP) is 5.41. The molecule has 3 rings (SSSR count). The molecule has 1 nitrogen and oxygen atoms in total. The molecule has 0 saturated heterocycles. The van der Waals surface area contributed by atoms with E-state index in [0.717, 1.165) is 29.4 Å². The van der Waals surface area contributed by atoms with E-state index in [1.165, 1.54) is 27.8 Å². The highest BCUT2D eigenvalue weighted by molar-refractivity contribution is 6.31. The van der Waals surface area contributed by atoms with Crippen LogP contribution in [0.5, 0.6) is 0 Å². The van der Waals surface area contributed by atoms with Gasteiger partial charge in [0.2, 0.25) is 0 Å². The fraction of sp³-hybridized carbons (Fsp3) is 0.263. The summed E-state index contributed by atoms with van der Waals surface area (Å²) in [4.78, 5) is 2.22. The number of fused-ring (bicyclic) bond motifs is 1. The number of hydrogen-bond donors (Lipinski definition) is 0. The molecule has 0 bridgehead atoms. The maximum atomic E-state index is 6.22. The molecule has 3 heteroatoms. The van der Waals surface area contributed by atoms with Crippen LogP contribution in [-0.4, -0.2) is 25.5 Å². The van der Waals surface area contributed by atoms with Crippen LogP contribution in [0.25, 0.3) is 11.1 Å². The Morgan fingerprint density at radius 2 is 1.64 bits per heavy atom. The number of hydrogen-bond acceptors (Lipinski definition) is 1. The van der Waals surface area contributed by atoms with Crippen molar-refractivity contribution >= 4 is 34.3 Å². The molecule has 1 aliphatic carbocycles. The molecule has 1 aliphatic rings. The van der Waals surface area contributed by atoms with Crippen LogP contribution in [0.4, 0.5) is 0 Å². The Morgan fingerprint density at radius 3 is 2.32 bits per heavy atom. The number of allylic oxidation sites excluding steroid dienone is 1. The van der Waals surface area contributed by atoms with Crippen molar-refractivity contribution in [3.05, 3.63) is 69.2 Å². The second-order valence-corrected chi connectivity index (χ2v) is 6.87. The Kier molecular flexibility index (Phi) is 4.58. The van der Waals surface area contributed by atoms with Crippen LogP contribution < -0.4 is 0 Å². The summed E-state index contributed by atoms with van der Waals surface area (Å²) >= 11 is 12.2. The summed E-state index contributed by atoms with van der Waals surface area (Å²) in [6, 6.07) is 14.4. The van der Waals surface area contributed by atoms with Crippen LogP contribution in [0.1, 0.15) is 23.1 Å². The molecular formula is C19H19Cl2N. The van der Waals surface area contributed by atoms with E-state index in [9.17, 15) is 0 Å². The predicted molar refractivity (Wildman–Crippen MR) is 96.6 cm³/mol. The third kappa shape index (κ3) is 3.22. The van der Waals surface area contributed by atoms with Gasteiger partial charge in [-0.3, -0.25) is 0 Å². The van der Waals surface area contributed by atoms with Gasteiger partial charge < -0.3 is 4.90 Å². The number of nitrogens with zero attached hydrogens (tertiary/aromatic N) is 1. The Bertz CT molecular complexity index is 715. The first kappa shape index (κ1) is 15.6. The normalized spacial score (nSPS) is 13.9. The van der Waals surface area contributed by atoms with Gasteiger partial charge in [0.05, 0.1) is 0 Å². The molecule has 0 fully saturated rings. The zero-order valence-corrected chi connectivity index (χ0v) is 14.4. The average molecular weight is 332 g/mol. The van der Waals surface area contributed by atoms with Gasteiger partial charge in [-0.2, -0.15) is 0 Å². The molecule has 22 heavy (non-hydrogen) atoms. The van der Waals surface area contributed by atoms with Gasteiger partial charge >= 0.3 is 0 Å². The van der Waals surface area contributed by atoms with Crippen molar-refractivity contribution in [2.24, 2.45) is 0 Å². The third-order valence-corrected chi connectivity index (χ3v) is 4.62. The summed E-state index contributed by atoms with van der Waals surface area (Å²) in [5.74, 6) is 0. The van der Waals surface area contributed by atoms with E-state index in [-0.39, 0.29) is 0 Å².